The first-order chi connectivity index (χ1) is 12.2. The van der Waals surface area contributed by atoms with E-state index in [1.807, 2.05) is 49.4 Å². The van der Waals surface area contributed by atoms with Gasteiger partial charge in [0.1, 0.15) is 5.60 Å². The molecule has 2 N–H and O–H groups in total. The van der Waals surface area contributed by atoms with Crippen LogP contribution in [0.2, 0.25) is 0 Å². The van der Waals surface area contributed by atoms with Crippen molar-refractivity contribution in [2.75, 3.05) is 0 Å². The van der Waals surface area contributed by atoms with E-state index in [9.17, 15) is 9.59 Å². The lowest BCUT2D eigenvalue weighted by atomic mass is 10.1. The fraction of sp³-hybridized carbons (Fsp3) is 0.238. The van der Waals surface area contributed by atoms with Crippen molar-refractivity contribution in [1.82, 2.24) is 10.6 Å². The molecule has 0 aromatic heterocycles. The molecule has 0 bridgehead atoms. The summed E-state index contributed by atoms with van der Waals surface area (Å²) in [5, 5.41) is 5.40. The number of hydrogen-bond acceptors (Lipinski definition) is 3. The number of nitrogens with one attached hydrogen (secondary N) is 2. The maximum atomic E-state index is 12.3. The van der Waals surface area contributed by atoms with E-state index < -0.39 is 11.7 Å². The highest BCUT2D eigenvalue weighted by Gasteiger charge is 2.17. The van der Waals surface area contributed by atoms with Crippen molar-refractivity contribution in [2.45, 2.75) is 33.3 Å². The molecule has 0 radical (unpaired) electrons. The summed E-state index contributed by atoms with van der Waals surface area (Å²) in [4.78, 5) is 24.4. The van der Waals surface area contributed by atoms with Crippen LogP contribution in [-0.2, 0) is 4.74 Å². The summed E-state index contributed by atoms with van der Waals surface area (Å²) in [7, 11) is 0. The Balaban J connectivity index is 2.17. The molecule has 2 amide bonds. The van der Waals surface area contributed by atoms with Crippen LogP contribution < -0.4 is 10.6 Å². The number of benzene rings is 2. The van der Waals surface area contributed by atoms with Gasteiger partial charge in [0, 0.05) is 11.8 Å². The molecule has 0 atom stereocenters. The molecular weight excluding hydrogens is 328 g/mol. The van der Waals surface area contributed by atoms with Crippen LogP contribution in [0.4, 0.5) is 4.79 Å². The van der Waals surface area contributed by atoms with Gasteiger partial charge >= 0.3 is 6.09 Å². The molecule has 2 rings (SSSR count). The zero-order chi connectivity index (χ0) is 19.2. The molecule has 0 aliphatic heterocycles. The van der Waals surface area contributed by atoms with Gasteiger partial charge in [-0.15, -0.1) is 0 Å². The smallest absolute Gasteiger partial charge is 0.412 e. The van der Waals surface area contributed by atoms with Gasteiger partial charge in [-0.25, -0.2) is 4.79 Å². The van der Waals surface area contributed by atoms with Gasteiger partial charge in [-0.2, -0.15) is 0 Å². The minimum absolute atomic E-state index is 0.260. The number of hydrogen-bond donors (Lipinski definition) is 2. The molecule has 0 aliphatic rings. The number of carbonyl (C=O) groups excluding carboxylic acids is 2. The van der Waals surface area contributed by atoms with Gasteiger partial charge in [0.15, 0.2) is 0 Å². The number of amides is 2. The van der Waals surface area contributed by atoms with Gasteiger partial charge in [0.2, 0.25) is 0 Å². The second-order valence-electron chi connectivity index (χ2n) is 6.89. The highest BCUT2D eigenvalue weighted by atomic mass is 16.6. The summed E-state index contributed by atoms with van der Waals surface area (Å²) in [6.07, 6.45) is 0.888. The van der Waals surface area contributed by atoms with Gasteiger partial charge in [0.25, 0.3) is 5.91 Å². The van der Waals surface area contributed by atoms with E-state index >= 15 is 0 Å². The predicted octanol–water partition coefficient (Wildman–Crippen LogP) is 4.25. The Morgan fingerprint density at radius 3 is 2.12 bits per heavy atom. The summed E-state index contributed by atoms with van der Waals surface area (Å²) in [6, 6.07) is 16.5. The molecular formula is C21H24N2O3. The SMILES string of the molecule is Cc1ccc(C(=O)N/C=C(/NC(=O)OC(C)(C)C)c2ccccc2)cc1. The zero-order valence-corrected chi connectivity index (χ0v) is 15.5. The van der Waals surface area contributed by atoms with Crippen LogP contribution in [0.25, 0.3) is 5.70 Å². The predicted molar refractivity (Wildman–Crippen MR) is 102 cm³/mol. The second kappa shape index (κ2) is 8.34. The number of aryl methyl sites for hydroxylation is 1. The van der Waals surface area contributed by atoms with Crippen molar-refractivity contribution < 1.29 is 14.3 Å². The lowest BCUT2D eigenvalue weighted by Gasteiger charge is -2.20. The molecule has 0 heterocycles. The minimum Gasteiger partial charge on any atom is -0.444 e. The molecule has 0 aliphatic carbocycles. The van der Waals surface area contributed by atoms with Crippen LogP contribution in [0.1, 0.15) is 42.3 Å². The average molecular weight is 352 g/mol. The molecule has 26 heavy (non-hydrogen) atoms. The normalized spacial score (nSPS) is 11.6. The zero-order valence-electron chi connectivity index (χ0n) is 15.5. The Hall–Kier alpha value is -3.08. The quantitative estimate of drug-likeness (QED) is 0.864. The van der Waals surface area contributed by atoms with Crippen molar-refractivity contribution in [3.63, 3.8) is 0 Å². The van der Waals surface area contributed by atoms with Crippen LogP contribution in [0, 0.1) is 6.92 Å². The number of alkyl carbamates (subject to hydrolysis) is 1. The van der Waals surface area contributed by atoms with E-state index in [2.05, 4.69) is 10.6 Å². The summed E-state index contributed by atoms with van der Waals surface area (Å²) < 4.78 is 5.29. The summed E-state index contributed by atoms with van der Waals surface area (Å²) in [6.45, 7) is 7.33. The molecule has 0 saturated heterocycles. The fourth-order valence-corrected chi connectivity index (χ4v) is 2.15. The monoisotopic (exact) mass is 352 g/mol. The molecule has 0 unspecified atom stereocenters. The van der Waals surface area contributed by atoms with Crippen molar-refractivity contribution >= 4 is 17.7 Å². The van der Waals surface area contributed by atoms with Crippen molar-refractivity contribution in [3.8, 4) is 0 Å². The molecule has 0 fully saturated rings. The molecule has 2 aromatic rings. The van der Waals surface area contributed by atoms with Gasteiger partial charge in [-0.05, 0) is 45.4 Å². The van der Waals surface area contributed by atoms with E-state index in [1.54, 1.807) is 32.9 Å². The maximum absolute atomic E-state index is 12.3. The van der Waals surface area contributed by atoms with Crippen LogP contribution in [-0.4, -0.2) is 17.6 Å². The number of rotatable bonds is 4. The highest BCUT2D eigenvalue weighted by Crippen LogP contribution is 2.13. The Morgan fingerprint density at radius 1 is 0.923 bits per heavy atom. The van der Waals surface area contributed by atoms with Gasteiger partial charge < -0.3 is 10.1 Å². The lowest BCUT2D eigenvalue weighted by Crippen LogP contribution is -2.32. The number of carbonyl (C=O) groups is 2. The summed E-state index contributed by atoms with van der Waals surface area (Å²) in [5.74, 6) is -0.260. The molecule has 5 nitrogen and oxygen atoms in total. The van der Waals surface area contributed by atoms with Crippen molar-refractivity contribution in [3.05, 3.63) is 77.5 Å². The van der Waals surface area contributed by atoms with Crippen LogP contribution in [0.15, 0.2) is 60.8 Å². The van der Waals surface area contributed by atoms with Crippen LogP contribution in [0.3, 0.4) is 0 Å². The Labute approximate surface area is 154 Å². The van der Waals surface area contributed by atoms with E-state index in [4.69, 9.17) is 4.74 Å². The Morgan fingerprint density at radius 2 is 1.54 bits per heavy atom. The molecule has 2 aromatic carbocycles. The molecule has 136 valence electrons. The summed E-state index contributed by atoms with van der Waals surface area (Å²) >= 11 is 0. The minimum atomic E-state index is -0.614. The molecule has 0 saturated carbocycles. The van der Waals surface area contributed by atoms with Gasteiger partial charge in [-0.1, -0.05) is 48.0 Å². The van der Waals surface area contributed by atoms with Crippen LogP contribution >= 0.6 is 0 Å². The number of ether oxygens (including phenoxy) is 1. The molecule has 0 spiro atoms. The third-order valence-electron chi connectivity index (χ3n) is 3.38. The van der Waals surface area contributed by atoms with E-state index in [1.165, 1.54) is 6.20 Å². The van der Waals surface area contributed by atoms with Crippen molar-refractivity contribution in [2.24, 2.45) is 0 Å². The first kappa shape index (κ1) is 19.2. The maximum Gasteiger partial charge on any atom is 0.412 e. The Kier molecular flexibility index (Phi) is 6.17. The van der Waals surface area contributed by atoms with Crippen molar-refractivity contribution in [1.29, 1.82) is 0 Å². The lowest BCUT2D eigenvalue weighted by molar-refractivity contribution is 0.0557. The van der Waals surface area contributed by atoms with E-state index in [0.717, 1.165) is 11.1 Å². The van der Waals surface area contributed by atoms with Crippen LogP contribution in [0.5, 0.6) is 0 Å². The van der Waals surface area contributed by atoms with Gasteiger partial charge in [-0.3, -0.25) is 10.1 Å². The van der Waals surface area contributed by atoms with E-state index in [-0.39, 0.29) is 5.91 Å². The largest absolute Gasteiger partial charge is 0.444 e. The third-order valence-corrected chi connectivity index (χ3v) is 3.38. The second-order valence-corrected chi connectivity index (χ2v) is 6.89. The van der Waals surface area contributed by atoms with Gasteiger partial charge in [0.05, 0.1) is 5.70 Å². The molecule has 5 heteroatoms. The highest BCUT2D eigenvalue weighted by molar-refractivity contribution is 5.95. The first-order valence-corrected chi connectivity index (χ1v) is 8.38. The Bertz CT molecular complexity index is 788. The topological polar surface area (TPSA) is 67.4 Å². The summed E-state index contributed by atoms with van der Waals surface area (Å²) in [5.41, 5.74) is 2.20. The first-order valence-electron chi connectivity index (χ1n) is 8.38. The third kappa shape index (κ3) is 6.09. The standard InChI is InChI=1S/C21H24N2O3/c1-15-10-12-17(13-11-15)19(24)22-14-18(16-8-6-5-7-9-16)23-20(25)26-21(2,3)4/h5-14H,1-4H3,(H,22,24)(H,23,25)/b18-14+. The average Bonchev–Trinajstić information content (AvgIpc) is 2.58. The fourth-order valence-electron chi connectivity index (χ4n) is 2.15. The van der Waals surface area contributed by atoms with E-state index in [0.29, 0.717) is 11.3 Å².